The second-order valence-corrected chi connectivity index (χ2v) is 5.15. The van der Waals surface area contributed by atoms with Crippen LogP contribution in [-0.4, -0.2) is 12.1 Å². The quantitative estimate of drug-likeness (QED) is 0.770. The molecular formula is C15H23N. The lowest BCUT2D eigenvalue weighted by Gasteiger charge is -2.13. The van der Waals surface area contributed by atoms with Gasteiger partial charge in [0.25, 0.3) is 0 Å². The molecular weight excluding hydrogens is 194 g/mol. The topological polar surface area (TPSA) is 12.0 Å². The first-order valence-electron chi connectivity index (χ1n) is 6.59. The maximum absolute atomic E-state index is 3.74. The fourth-order valence-electron chi connectivity index (χ4n) is 2.53. The van der Waals surface area contributed by atoms with Crippen LogP contribution in [0.1, 0.15) is 38.7 Å². The van der Waals surface area contributed by atoms with Crippen LogP contribution in [0.25, 0.3) is 0 Å². The van der Waals surface area contributed by atoms with E-state index in [1.807, 2.05) is 0 Å². The first-order chi connectivity index (χ1) is 7.79. The Kier molecular flexibility index (Phi) is 4.00. The fraction of sp³-hybridized carbons (Fsp3) is 0.600. The summed E-state index contributed by atoms with van der Waals surface area (Å²) in [5.74, 6) is 0.961. The SMILES string of the molecule is CCCC1CC1NC(C)Cc1ccccc1. The molecule has 0 spiro atoms. The van der Waals surface area contributed by atoms with Crippen LogP contribution in [0.15, 0.2) is 30.3 Å². The van der Waals surface area contributed by atoms with Crippen molar-refractivity contribution in [3.8, 4) is 0 Å². The Balaban J connectivity index is 1.71. The molecule has 0 bridgehead atoms. The molecule has 1 N–H and O–H groups in total. The average molecular weight is 217 g/mol. The lowest BCUT2D eigenvalue weighted by Crippen LogP contribution is -2.31. The van der Waals surface area contributed by atoms with Gasteiger partial charge < -0.3 is 5.32 Å². The normalized spacial score (nSPS) is 25.4. The third-order valence-corrected chi connectivity index (χ3v) is 3.47. The third-order valence-electron chi connectivity index (χ3n) is 3.47. The minimum absolute atomic E-state index is 0.606. The van der Waals surface area contributed by atoms with Crippen LogP contribution in [0.2, 0.25) is 0 Å². The van der Waals surface area contributed by atoms with E-state index in [9.17, 15) is 0 Å². The molecule has 1 aromatic rings. The largest absolute Gasteiger partial charge is 0.311 e. The molecule has 3 atom stereocenters. The Bertz CT molecular complexity index is 306. The molecule has 1 nitrogen and oxygen atoms in total. The Labute approximate surface area is 99.3 Å². The van der Waals surface area contributed by atoms with Crippen LogP contribution < -0.4 is 5.32 Å². The maximum atomic E-state index is 3.74. The zero-order valence-corrected chi connectivity index (χ0v) is 10.4. The summed E-state index contributed by atoms with van der Waals surface area (Å²) in [6.07, 6.45) is 5.27. The minimum atomic E-state index is 0.606. The second-order valence-electron chi connectivity index (χ2n) is 5.15. The van der Waals surface area contributed by atoms with Crippen molar-refractivity contribution in [1.82, 2.24) is 5.32 Å². The summed E-state index contributed by atoms with van der Waals surface area (Å²) in [6, 6.07) is 12.2. The molecule has 0 amide bonds. The Morgan fingerprint density at radius 1 is 1.31 bits per heavy atom. The van der Waals surface area contributed by atoms with Gasteiger partial charge in [-0.1, -0.05) is 43.7 Å². The molecule has 2 rings (SSSR count). The van der Waals surface area contributed by atoms with Gasteiger partial charge >= 0.3 is 0 Å². The molecule has 1 aliphatic rings. The molecule has 0 saturated heterocycles. The number of hydrogen-bond acceptors (Lipinski definition) is 1. The summed E-state index contributed by atoms with van der Waals surface area (Å²) in [6.45, 7) is 4.58. The van der Waals surface area contributed by atoms with E-state index >= 15 is 0 Å². The van der Waals surface area contributed by atoms with Crippen molar-refractivity contribution in [2.45, 2.75) is 51.6 Å². The van der Waals surface area contributed by atoms with Crippen molar-refractivity contribution >= 4 is 0 Å². The number of benzene rings is 1. The molecule has 1 heteroatoms. The molecule has 88 valence electrons. The van der Waals surface area contributed by atoms with Gasteiger partial charge in [0, 0.05) is 12.1 Å². The lowest BCUT2D eigenvalue weighted by molar-refractivity contribution is 0.510. The summed E-state index contributed by atoms with van der Waals surface area (Å²) in [7, 11) is 0. The highest BCUT2D eigenvalue weighted by Crippen LogP contribution is 2.34. The Hall–Kier alpha value is -0.820. The minimum Gasteiger partial charge on any atom is -0.311 e. The highest BCUT2D eigenvalue weighted by Gasteiger charge is 2.36. The van der Waals surface area contributed by atoms with Crippen LogP contribution in [0.4, 0.5) is 0 Å². The zero-order chi connectivity index (χ0) is 11.4. The van der Waals surface area contributed by atoms with Crippen LogP contribution in [0.5, 0.6) is 0 Å². The van der Waals surface area contributed by atoms with Gasteiger partial charge in [0.05, 0.1) is 0 Å². The smallest absolute Gasteiger partial charge is 0.0102 e. The Morgan fingerprint density at radius 2 is 2.06 bits per heavy atom. The van der Waals surface area contributed by atoms with E-state index in [1.165, 1.54) is 24.8 Å². The van der Waals surface area contributed by atoms with Crippen molar-refractivity contribution in [3.05, 3.63) is 35.9 Å². The van der Waals surface area contributed by atoms with Gasteiger partial charge in [-0.25, -0.2) is 0 Å². The van der Waals surface area contributed by atoms with E-state index in [0.717, 1.165) is 18.4 Å². The van der Waals surface area contributed by atoms with E-state index < -0.39 is 0 Å². The van der Waals surface area contributed by atoms with E-state index in [4.69, 9.17) is 0 Å². The van der Waals surface area contributed by atoms with E-state index in [-0.39, 0.29) is 0 Å². The monoisotopic (exact) mass is 217 g/mol. The maximum Gasteiger partial charge on any atom is 0.0102 e. The summed E-state index contributed by atoms with van der Waals surface area (Å²) < 4.78 is 0. The molecule has 0 heterocycles. The standard InChI is InChI=1S/C15H23N/c1-3-7-14-11-15(14)16-12(2)10-13-8-5-4-6-9-13/h4-6,8-9,12,14-16H,3,7,10-11H2,1-2H3. The van der Waals surface area contributed by atoms with E-state index in [2.05, 4.69) is 49.5 Å². The molecule has 1 saturated carbocycles. The van der Waals surface area contributed by atoms with Gasteiger partial charge in [-0.05, 0) is 37.7 Å². The van der Waals surface area contributed by atoms with Gasteiger partial charge in [0.2, 0.25) is 0 Å². The molecule has 1 fully saturated rings. The van der Waals surface area contributed by atoms with Gasteiger partial charge in [0.15, 0.2) is 0 Å². The summed E-state index contributed by atoms with van der Waals surface area (Å²) in [5.41, 5.74) is 1.44. The van der Waals surface area contributed by atoms with Crippen molar-refractivity contribution in [1.29, 1.82) is 0 Å². The fourth-order valence-corrected chi connectivity index (χ4v) is 2.53. The van der Waals surface area contributed by atoms with Crippen molar-refractivity contribution in [2.24, 2.45) is 5.92 Å². The van der Waals surface area contributed by atoms with Crippen LogP contribution >= 0.6 is 0 Å². The van der Waals surface area contributed by atoms with Crippen LogP contribution in [0, 0.1) is 5.92 Å². The lowest BCUT2D eigenvalue weighted by atomic mass is 10.1. The predicted octanol–water partition coefficient (Wildman–Crippen LogP) is 3.40. The predicted molar refractivity (Wildman–Crippen MR) is 69.5 cm³/mol. The average Bonchev–Trinajstić information content (AvgIpc) is 2.98. The van der Waals surface area contributed by atoms with Gasteiger partial charge in [0.1, 0.15) is 0 Å². The highest BCUT2D eigenvalue weighted by atomic mass is 15.0. The van der Waals surface area contributed by atoms with Gasteiger partial charge in [-0.15, -0.1) is 0 Å². The Morgan fingerprint density at radius 3 is 2.75 bits per heavy atom. The van der Waals surface area contributed by atoms with E-state index in [0.29, 0.717) is 6.04 Å². The zero-order valence-electron chi connectivity index (χ0n) is 10.4. The van der Waals surface area contributed by atoms with Crippen molar-refractivity contribution in [3.63, 3.8) is 0 Å². The third kappa shape index (κ3) is 3.34. The summed E-state index contributed by atoms with van der Waals surface area (Å²) >= 11 is 0. The highest BCUT2D eigenvalue weighted by molar-refractivity contribution is 5.15. The first-order valence-corrected chi connectivity index (χ1v) is 6.59. The van der Waals surface area contributed by atoms with Gasteiger partial charge in [-0.2, -0.15) is 0 Å². The van der Waals surface area contributed by atoms with Crippen molar-refractivity contribution < 1.29 is 0 Å². The molecule has 1 aliphatic carbocycles. The number of rotatable bonds is 6. The molecule has 1 aromatic carbocycles. The van der Waals surface area contributed by atoms with Crippen LogP contribution in [-0.2, 0) is 6.42 Å². The van der Waals surface area contributed by atoms with E-state index in [1.54, 1.807) is 0 Å². The number of hydrogen-bond donors (Lipinski definition) is 1. The molecule has 16 heavy (non-hydrogen) atoms. The molecule has 0 radical (unpaired) electrons. The molecule has 0 aliphatic heterocycles. The van der Waals surface area contributed by atoms with Crippen molar-refractivity contribution in [2.75, 3.05) is 0 Å². The molecule has 0 aromatic heterocycles. The first kappa shape index (κ1) is 11.7. The second kappa shape index (κ2) is 5.49. The van der Waals surface area contributed by atoms with Gasteiger partial charge in [-0.3, -0.25) is 0 Å². The number of nitrogens with one attached hydrogen (secondary N) is 1. The summed E-state index contributed by atoms with van der Waals surface area (Å²) in [4.78, 5) is 0. The summed E-state index contributed by atoms with van der Waals surface area (Å²) in [5, 5.41) is 3.74. The van der Waals surface area contributed by atoms with Crippen LogP contribution in [0.3, 0.4) is 0 Å². The molecule has 3 unspecified atom stereocenters.